The molecule has 0 unspecified atom stereocenters. The van der Waals surface area contributed by atoms with Gasteiger partial charge in [0.15, 0.2) is 0 Å². The Bertz CT molecular complexity index is 482. The Balaban J connectivity index is 2.64. The van der Waals surface area contributed by atoms with Gasteiger partial charge in [-0.1, -0.05) is 24.6 Å². The zero-order valence-corrected chi connectivity index (χ0v) is 12.7. The molecule has 0 atom stereocenters. The van der Waals surface area contributed by atoms with Crippen LogP contribution in [0.1, 0.15) is 13.3 Å². The molecule has 0 fully saturated rings. The van der Waals surface area contributed by atoms with Crippen LogP contribution in [0.4, 0.5) is 10.5 Å². The summed E-state index contributed by atoms with van der Waals surface area (Å²) in [4.78, 5) is 24.2. The maximum atomic E-state index is 12.1. The van der Waals surface area contributed by atoms with Crippen LogP contribution >= 0.6 is 11.6 Å². The van der Waals surface area contributed by atoms with Gasteiger partial charge < -0.3 is 15.7 Å². The van der Waals surface area contributed by atoms with Crippen LogP contribution in [0, 0.1) is 0 Å². The predicted molar refractivity (Wildman–Crippen MR) is 83.0 cm³/mol. The summed E-state index contributed by atoms with van der Waals surface area (Å²) in [6.45, 7) is 3.74. The first-order valence-corrected chi connectivity index (χ1v) is 7.15. The second-order valence-electron chi connectivity index (χ2n) is 4.40. The van der Waals surface area contributed by atoms with Crippen molar-refractivity contribution in [2.45, 2.75) is 13.3 Å². The molecule has 21 heavy (non-hydrogen) atoms. The minimum absolute atomic E-state index is 0.417. The number of hydrogen-bond donors (Lipinski definition) is 3. The van der Waals surface area contributed by atoms with E-state index in [1.165, 1.54) is 0 Å². The largest absolute Gasteiger partial charge is 0.480 e. The van der Waals surface area contributed by atoms with Crippen LogP contribution in [-0.2, 0) is 4.79 Å². The molecule has 0 aliphatic heterocycles. The van der Waals surface area contributed by atoms with Gasteiger partial charge in [0, 0.05) is 17.3 Å². The summed E-state index contributed by atoms with van der Waals surface area (Å²) in [6, 6.07) is 6.09. The van der Waals surface area contributed by atoms with Crippen LogP contribution in [0.25, 0.3) is 0 Å². The standard InChI is InChI=1S/C14H20ClN3O3/c1-2-16-7-4-8-17-14(21)18(10-13(19)20)12-6-3-5-11(15)9-12/h3,5-6,9,16H,2,4,7-8,10H2,1H3,(H,17,21)(H,19,20). The molecule has 7 heteroatoms. The lowest BCUT2D eigenvalue weighted by molar-refractivity contribution is -0.135. The Kier molecular flexibility index (Phi) is 7.56. The van der Waals surface area contributed by atoms with Crippen molar-refractivity contribution in [3.05, 3.63) is 29.3 Å². The molecule has 1 rings (SSSR count). The molecule has 6 nitrogen and oxygen atoms in total. The van der Waals surface area contributed by atoms with Crippen LogP contribution < -0.4 is 15.5 Å². The van der Waals surface area contributed by atoms with Gasteiger partial charge >= 0.3 is 12.0 Å². The number of carbonyl (C=O) groups is 2. The number of nitrogens with one attached hydrogen (secondary N) is 2. The molecule has 0 radical (unpaired) electrons. The average molecular weight is 314 g/mol. The Morgan fingerprint density at radius 2 is 2.10 bits per heavy atom. The molecule has 0 aromatic heterocycles. The van der Waals surface area contributed by atoms with Gasteiger partial charge in [-0.05, 0) is 37.7 Å². The van der Waals surface area contributed by atoms with Crippen molar-refractivity contribution in [1.29, 1.82) is 0 Å². The molecule has 116 valence electrons. The zero-order valence-electron chi connectivity index (χ0n) is 11.9. The van der Waals surface area contributed by atoms with Gasteiger partial charge in [0.1, 0.15) is 6.54 Å². The molecule has 0 saturated heterocycles. The molecule has 1 aromatic rings. The van der Waals surface area contributed by atoms with Crippen LogP contribution in [0.3, 0.4) is 0 Å². The first kappa shape index (κ1) is 17.3. The molecule has 0 aliphatic rings. The molecule has 1 aromatic carbocycles. The molecule has 0 spiro atoms. The third-order valence-corrected chi connectivity index (χ3v) is 2.95. The van der Waals surface area contributed by atoms with E-state index >= 15 is 0 Å². The molecule has 0 bridgehead atoms. The van der Waals surface area contributed by atoms with E-state index in [-0.39, 0.29) is 0 Å². The number of urea groups is 1. The molecule has 2 amide bonds. The fraction of sp³-hybridized carbons (Fsp3) is 0.429. The van der Waals surface area contributed by atoms with Crippen molar-refractivity contribution >= 4 is 29.3 Å². The summed E-state index contributed by atoms with van der Waals surface area (Å²) < 4.78 is 0. The Labute approximate surface area is 129 Å². The monoisotopic (exact) mass is 313 g/mol. The number of amides is 2. The SMILES string of the molecule is CCNCCCNC(=O)N(CC(=O)O)c1cccc(Cl)c1. The highest BCUT2D eigenvalue weighted by Gasteiger charge is 2.18. The number of nitrogens with zero attached hydrogens (tertiary/aromatic N) is 1. The summed E-state index contributed by atoms with van der Waals surface area (Å²) in [5.74, 6) is -1.09. The summed E-state index contributed by atoms with van der Waals surface area (Å²) in [5, 5.41) is 15.2. The fourth-order valence-corrected chi connectivity index (χ4v) is 1.93. The summed E-state index contributed by atoms with van der Waals surface area (Å²) in [7, 11) is 0. The van der Waals surface area contributed by atoms with E-state index in [9.17, 15) is 9.59 Å². The normalized spacial score (nSPS) is 10.2. The van der Waals surface area contributed by atoms with E-state index in [1.54, 1.807) is 24.3 Å². The molecular weight excluding hydrogens is 294 g/mol. The lowest BCUT2D eigenvalue weighted by atomic mass is 10.3. The second-order valence-corrected chi connectivity index (χ2v) is 4.84. The number of carbonyl (C=O) groups excluding carboxylic acids is 1. The second kappa shape index (κ2) is 9.20. The lowest BCUT2D eigenvalue weighted by Crippen LogP contribution is -2.43. The van der Waals surface area contributed by atoms with Crippen LogP contribution in [0.5, 0.6) is 0 Å². The van der Waals surface area contributed by atoms with Crippen molar-refractivity contribution in [2.75, 3.05) is 31.1 Å². The fourth-order valence-electron chi connectivity index (χ4n) is 1.74. The average Bonchev–Trinajstić information content (AvgIpc) is 2.44. The van der Waals surface area contributed by atoms with Gasteiger partial charge in [-0.15, -0.1) is 0 Å². The van der Waals surface area contributed by atoms with Crippen LogP contribution in [0.15, 0.2) is 24.3 Å². The van der Waals surface area contributed by atoms with E-state index in [0.29, 0.717) is 17.3 Å². The minimum atomic E-state index is -1.09. The van der Waals surface area contributed by atoms with E-state index in [1.807, 2.05) is 6.92 Å². The highest BCUT2D eigenvalue weighted by atomic mass is 35.5. The zero-order chi connectivity index (χ0) is 15.7. The number of rotatable bonds is 8. The number of carboxylic acids is 1. The van der Waals surface area contributed by atoms with Gasteiger partial charge in [-0.25, -0.2) is 4.79 Å². The third kappa shape index (κ3) is 6.46. The first-order chi connectivity index (χ1) is 10.0. The van der Waals surface area contributed by atoms with Crippen molar-refractivity contribution in [1.82, 2.24) is 10.6 Å². The number of anilines is 1. The first-order valence-electron chi connectivity index (χ1n) is 6.78. The summed E-state index contributed by atoms with van der Waals surface area (Å²) in [6.07, 6.45) is 0.774. The van der Waals surface area contributed by atoms with Gasteiger partial charge in [-0.3, -0.25) is 9.69 Å². The van der Waals surface area contributed by atoms with Crippen molar-refractivity contribution in [3.63, 3.8) is 0 Å². The Morgan fingerprint density at radius 3 is 2.71 bits per heavy atom. The summed E-state index contributed by atoms with van der Waals surface area (Å²) >= 11 is 5.88. The third-order valence-electron chi connectivity index (χ3n) is 2.71. The maximum absolute atomic E-state index is 12.1. The quantitative estimate of drug-likeness (QED) is 0.641. The van der Waals surface area contributed by atoms with E-state index < -0.39 is 18.5 Å². The topological polar surface area (TPSA) is 81.7 Å². The van der Waals surface area contributed by atoms with Crippen LogP contribution in [0.2, 0.25) is 5.02 Å². The molecule has 0 heterocycles. The van der Waals surface area contributed by atoms with Crippen molar-refractivity contribution < 1.29 is 14.7 Å². The number of halogens is 1. The Morgan fingerprint density at radius 1 is 1.33 bits per heavy atom. The van der Waals surface area contributed by atoms with E-state index in [4.69, 9.17) is 16.7 Å². The van der Waals surface area contributed by atoms with Gasteiger partial charge in [0.25, 0.3) is 0 Å². The highest BCUT2D eigenvalue weighted by Crippen LogP contribution is 2.19. The molecular formula is C14H20ClN3O3. The molecule has 0 aliphatic carbocycles. The molecule has 0 saturated carbocycles. The van der Waals surface area contributed by atoms with Gasteiger partial charge in [0.05, 0.1) is 0 Å². The van der Waals surface area contributed by atoms with Crippen molar-refractivity contribution in [2.24, 2.45) is 0 Å². The van der Waals surface area contributed by atoms with Crippen molar-refractivity contribution in [3.8, 4) is 0 Å². The summed E-state index contributed by atoms with van der Waals surface area (Å²) in [5.41, 5.74) is 0.453. The van der Waals surface area contributed by atoms with Crippen LogP contribution in [-0.4, -0.2) is 43.3 Å². The highest BCUT2D eigenvalue weighted by molar-refractivity contribution is 6.30. The van der Waals surface area contributed by atoms with Gasteiger partial charge in [0.2, 0.25) is 0 Å². The number of aliphatic carboxylic acids is 1. The maximum Gasteiger partial charge on any atom is 0.323 e. The Hall–Kier alpha value is -1.79. The van der Waals surface area contributed by atoms with E-state index in [2.05, 4.69) is 10.6 Å². The van der Waals surface area contributed by atoms with Gasteiger partial charge in [-0.2, -0.15) is 0 Å². The number of hydrogen-bond acceptors (Lipinski definition) is 3. The lowest BCUT2D eigenvalue weighted by Gasteiger charge is -2.21. The molecule has 3 N–H and O–H groups in total. The van der Waals surface area contributed by atoms with E-state index in [0.717, 1.165) is 24.4 Å². The minimum Gasteiger partial charge on any atom is -0.480 e. The smallest absolute Gasteiger partial charge is 0.323 e. The predicted octanol–water partition coefficient (Wildman–Crippen LogP) is 1.94. The number of benzene rings is 1. The number of carboxylic acid groups (broad SMARTS) is 1.